The highest BCUT2D eigenvalue weighted by Gasteiger charge is 2.56. The molecule has 0 radical (unpaired) electrons. The van der Waals surface area contributed by atoms with Crippen molar-refractivity contribution in [3.05, 3.63) is 30.1 Å². The first-order chi connectivity index (χ1) is 9.15. The third-order valence-corrected chi connectivity index (χ3v) is 5.40. The molecule has 102 valence electrons. The quantitative estimate of drug-likeness (QED) is 0.874. The highest BCUT2D eigenvalue weighted by Crippen LogP contribution is 2.57. The van der Waals surface area contributed by atoms with Crippen molar-refractivity contribution < 1.29 is 5.11 Å². The molecule has 4 bridgehead atoms. The van der Waals surface area contributed by atoms with Crippen LogP contribution in [-0.2, 0) is 6.54 Å². The van der Waals surface area contributed by atoms with E-state index in [4.69, 9.17) is 0 Å². The molecule has 2 atom stereocenters. The Kier molecular flexibility index (Phi) is 2.52. The molecule has 0 aromatic carbocycles. The van der Waals surface area contributed by atoms with Gasteiger partial charge in [0.05, 0.1) is 11.3 Å². The van der Waals surface area contributed by atoms with Crippen LogP contribution in [-0.4, -0.2) is 21.2 Å². The molecule has 5 rings (SSSR count). The topological polar surface area (TPSA) is 45.1 Å². The number of pyridine rings is 1. The lowest BCUT2D eigenvalue weighted by Gasteiger charge is -2.60. The molecule has 1 aromatic heterocycles. The molecule has 19 heavy (non-hydrogen) atoms. The standard InChI is InChI=1S/C16H22N2O/c19-16-8-12-5-13(9-16)7-15(6-12,11-16)18-10-14-3-1-2-4-17-14/h1-4,12-13,18-19H,5-11H2/t12-,13-,15?,16?/m1/s1. The summed E-state index contributed by atoms with van der Waals surface area (Å²) >= 11 is 0. The molecule has 4 fully saturated rings. The Morgan fingerprint density at radius 3 is 2.63 bits per heavy atom. The SMILES string of the molecule is OC12C[C@@H]3C[C@@H](C1)CC(NCc1ccccn1)(C3)C2. The van der Waals surface area contributed by atoms with E-state index in [1.165, 1.54) is 19.3 Å². The molecule has 0 saturated heterocycles. The number of aromatic nitrogens is 1. The second kappa shape index (κ2) is 4.03. The number of aliphatic hydroxyl groups is 1. The number of rotatable bonds is 3. The van der Waals surface area contributed by atoms with Crippen LogP contribution in [0.5, 0.6) is 0 Å². The van der Waals surface area contributed by atoms with Crippen LogP contribution in [0.25, 0.3) is 0 Å². The summed E-state index contributed by atoms with van der Waals surface area (Å²) in [5.41, 5.74) is 0.905. The molecule has 1 aromatic rings. The Balaban J connectivity index is 1.51. The second-order valence-corrected chi connectivity index (χ2v) is 7.14. The van der Waals surface area contributed by atoms with Gasteiger partial charge in [0.2, 0.25) is 0 Å². The Labute approximate surface area is 114 Å². The normalized spacial score (nSPS) is 43.6. The Morgan fingerprint density at radius 1 is 1.21 bits per heavy atom. The van der Waals surface area contributed by atoms with Crippen LogP contribution in [0.15, 0.2) is 24.4 Å². The minimum absolute atomic E-state index is 0.177. The van der Waals surface area contributed by atoms with E-state index in [0.717, 1.165) is 43.3 Å². The first-order valence-electron chi connectivity index (χ1n) is 7.52. The number of hydrogen-bond donors (Lipinski definition) is 2. The van der Waals surface area contributed by atoms with E-state index >= 15 is 0 Å². The zero-order valence-electron chi connectivity index (χ0n) is 11.3. The van der Waals surface area contributed by atoms with Crippen molar-refractivity contribution in [3.8, 4) is 0 Å². The molecule has 4 saturated carbocycles. The zero-order valence-corrected chi connectivity index (χ0v) is 11.3. The molecule has 0 aliphatic heterocycles. The van der Waals surface area contributed by atoms with Crippen LogP contribution < -0.4 is 5.32 Å². The Morgan fingerprint density at radius 2 is 2.00 bits per heavy atom. The van der Waals surface area contributed by atoms with Crippen molar-refractivity contribution in [1.29, 1.82) is 0 Å². The predicted molar refractivity (Wildman–Crippen MR) is 73.4 cm³/mol. The largest absolute Gasteiger partial charge is 0.390 e. The van der Waals surface area contributed by atoms with Gasteiger partial charge in [0, 0.05) is 18.3 Å². The van der Waals surface area contributed by atoms with Gasteiger partial charge in [-0.2, -0.15) is 0 Å². The molecule has 1 heterocycles. The number of hydrogen-bond acceptors (Lipinski definition) is 3. The maximum Gasteiger partial charge on any atom is 0.0670 e. The summed E-state index contributed by atoms with van der Waals surface area (Å²) < 4.78 is 0. The highest BCUT2D eigenvalue weighted by atomic mass is 16.3. The molecule has 4 aliphatic carbocycles. The van der Waals surface area contributed by atoms with Gasteiger partial charge in [-0.1, -0.05) is 6.07 Å². The second-order valence-electron chi connectivity index (χ2n) is 7.14. The molecular formula is C16H22N2O. The summed E-state index contributed by atoms with van der Waals surface area (Å²) in [5.74, 6) is 1.48. The lowest BCUT2D eigenvalue weighted by molar-refractivity contribution is -0.142. The van der Waals surface area contributed by atoms with Gasteiger partial charge in [0.25, 0.3) is 0 Å². The summed E-state index contributed by atoms with van der Waals surface area (Å²) in [7, 11) is 0. The van der Waals surface area contributed by atoms with E-state index in [0.29, 0.717) is 0 Å². The minimum Gasteiger partial charge on any atom is -0.390 e. The van der Waals surface area contributed by atoms with E-state index < -0.39 is 0 Å². The molecule has 0 unspecified atom stereocenters. The number of nitrogens with one attached hydrogen (secondary N) is 1. The van der Waals surface area contributed by atoms with Crippen LogP contribution >= 0.6 is 0 Å². The predicted octanol–water partition coefficient (Wildman–Crippen LogP) is 2.25. The van der Waals surface area contributed by atoms with Gasteiger partial charge in [-0.15, -0.1) is 0 Å². The highest BCUT2D eigenvalue weighted by molar-refractivity contribution is 5.13. The van der Waals surface area contributed by atoms with Gasteiger partial charge in [0.15, 0.2) is 0 Å². The molecule has 2 N–H and O–H groups in total. The lowest BCUT2D eigenvalue weighted by atomic mass is 9.51. The molecule has 0 amide bonds. The minimum atomic E-state index is -0.374. The summed E-state index contributed by atoms with van der Waals surface area (Å²) in [6, 6.07) is 6.07. The van der Waals surface area contributed by atoms with Crippen LogP contribution in [0.3, 0.4) is 0 Å². The smallest absolute Gasteiger partial charge is 0.0670 e. The van der Waals surface area contributed by atoms with Crippen molar-refractivity contribution >= 4 is 0 Å². The summed E-state index contributed by atoms with van der Waals surface area (Å²) in [4.78, 5) is 4.39. The Hall–Kier alpha value is -0.930. The van der Waals surface area contributed by atoms with Crippen LogP contribution in [0.4, 0.5) is 0 Å². The fourth-order valence-electron chi connectivity index (χ4n) is 5.20. The van der Waals surface area contributed by atoms with E-state index in [1.807, 2.05) is 18.3 Å². The third kappa shape index (κ3) is 2.09. The van der Waals surface area contributed by atoms with E-state index in [9.17, 15) is 5.11 Å². The van der Waals surface area contributed by atoms with Gasteiger partial charge in [-0.25, -0.2) is 0 Å². The lowest BCUT2D eigenvalue weighted by Crippen LogP contribution is -2.64. The van der Waals surface area contributed by atoms with E-state index in [2.05, 4.69) is 16.4 Å². The molecule has 4 aliphatic rings. The molecular weight excluding hydrogens is 236 g/mol. The van der Waals surface area contributed by atoms with Gasteiger partial charge >= 0.3 is 0 Å². The summed E-state index contributed by atoms with van der Waals surface area (Å²) in [5, 5.41) is 14.5. The maximum atomic E-state index is 10.7. The van der Waals surface area contributed by atoms with Gasteiger partial charge in [-0.05, 0) is 62.5 Å². The molecule has 3 nitrogen and oxygen atoms in total. The fraction of sp³-hybridized carbons (Fsp3) is 0.688. The van der Waals surface area contributed by atoms with Crippen LogP contribution in [0.1, 0.15) is 44.2 Å². The molecule has 3 heteroatoms. The van der Waals surface area contributed by atoms with Crippen LogP contribution in [0, 0.1) is 11.8 Å². The first kappa shape index (κ1) is 11.9. The van der Waals surface area contributed by atoms with Crippen molar-refractivity contribution in [2.45, 2.75) is 56.2 Å². The number of nitrogens with zero attached hydrogens (tertiary/aromatic N) is 1. The first-order valence-corrected chi connectivity index (χ1v) is 7.52. The summed E-state index contributed by atoms with van der Waals surface area (Å²) in [6.07, 6.45) is 8.71. The van der Waals surface area contributed by atoms with Crippen molar-refractivity contribution in [2.75, 3.05) is 0 Å². The van der Waals surface area contributed by atoms with Crippen molar-refractivity contribution in [2.24, 2.45) is 11.8 Å². The van der Waals surface area contributed by atoms with Crippen molar-refractivity contribution in [3.63, 3.8) is 0 Å². The average molecular weight is 258 g/mol. The Bertz CT molecular complexity index is 459. The van der Waals surface area contributed by atoms with Crippen molar-refractivity contribution in [1.82, 2.24) is 10.3 Å². The monoisotopic (exact) mass is 258 g/mol. The maximum absolute atomic E-state index is 10.7. The van der Waals surface area contributed by atoms with E-state index in [1.54, 1.807) is 0 Å². The average Bonchev–Trinajstić information content (AvgIpc) is 2.35. The van der Waals surface area contributed by atoms with Gasteiger partial charge < -0.3 is 10.4 Å². The third-order valence-electron chi connectivity index (χ3n) is 5.40. The fourth-order valence-corrected chi connectivity index (χ4v) is 5.20. The zero-order chi connectivity index (χ0) is 12.9. The van der Waals surface area contributed by atoms with E-state index in [-0.39, 0.29) is 11.1 Å². The van der Waals surface area contributed by atoms with Gasteiger partial charge in [-0.3, -0.25) is 4.98 Å². The summed E-state index contributed by atoms with van der Waals surface area (Å²) in [6.45, 7) is 0.830. The van der Waals surface area contributed by atoms with Crippen LogP contribution in [0.2, 0.25) is 0 Å². The molecule has 0 spiro atoms. The van der Waals surface area contributed by atoms with Gasteiger partial charge in [0.1, 0.15) is 0 Å².